The molecule has 0 unspecified atom stereocenters. The molecule has 126 valence electrons. The SMILES string of the molecule is COc1ccc(C(=O)Oc2ccc(/C=C3\SC(=S)NC3=O)cc2)cc1. The fraction of sp³-hybridized carbons (Fsp3) is 0.0556. The normalized spacial score (nSPS) is 15.2. The van der Waals surface area contributed by atoms with Gasteiger partial charge in [-0.1, -0.05) is 36.1 Å². The van der Waals surface area contributed by atoms with Crippen LogP contribution in [0.5, 0.6) is 11.5 Å². The lowest BCUT2D eigenvalue weighted by atomic mass is 10.2. The molecular formula is C18H13NO4S2. The van der Waals surface area contributed by atoms with Crippen molar-refractivity contribution in [3.8, 4) is 11.5 Å². The second-order valence-corrected chi connectivity index (χ2v) is 6.76. The van der Waals surface area contributed by atoms with Crippen molar-refractivity contribution in [2.45, 2.75) is 0 Å². The second-order valence-electron chi connectivity index (χ2n) is 5.04. The van der Waals surface area contributed by atoms with E-state index in [0.717, 1.165) is 5.56 Å². The van der Waals surface area contributed by atoms with Crippen molar-refractivity contribution in [2.75, 3.05) is 7.11 Å². The van der Waals surface area contributed by atoms with Gasteiger partial charge in [-0.05, 0) is 48.0 Å². The first-order valence-electron chi connectivity index (χ1n) is 7.26. The van der Waals surface area contributed by atoms with E-state index in [1.807, 2.05) is 0 Å². The summed E-state index contributed by atoms with van der Waals surface area (Å²) < 4.78 is 10.8. The van der Waals surface area contributed by atoms with Gasteiger partial charge in [-0.15, -0.1) is 0 Å². The first-order valence-corrected chi connectivity index (χ1v) is 8.49. The van der Waals surface area contributed by atoms with E-state index in [-0.39, 0.29) is 5.91 Å². The van der Waals surface area contributed by atoms with Gasteiger partial charge < -0.3 is 14.8 Å². The summed E-state index contributed by atoms with van der Waals surface area (Å²) in [5, 5.41) is 2.56. The van der Waals surface area contributed by atoms with Crippen LogP contribution in [0.4, 0.5) is 0 Å². The Hall–Kier alpha value is -2.64. The highest BCUT2D eigenvalue weighted by molar-refractivity contribution is 8.26. The van der Waals surface area contributed by atoms with Gasteiger partial charge in [0.15, 0.2) is 0 Å². The minimum absolute atomic E-state index is 0.204. The first-order chi connectivity index (χ1) is 12.0. The van der Waals surface area contributed by atoms with Crippen molar-refractivity contribution >= 4 is 46.3 Å². The van der Waals surface area contributed by atoms with Gasteiger partial charge in [0.25, 0.3) is 5.91 Å². The molecule has 1 aliphatic heterocycles. The number of rotatable bonds is 4. The molecule has 2 aromatic carbocycles. The van der Waals surface area contributed by atoms with E-state index in [0.29, 0.717) is 26.3 Å². The Labute approximate surface area is 154 Å². The van der Waals surface area contributed by atoms with Gasteiger partial charge in [-0.25, -0.2) is 4.79 Å². The Morgan fingerprint density at radius 3 is 2.28 bits per heavy atom. The van der Waals surface area contributed by atoms with Crippen LogP contribution >= 0.6 is 24.0 Å². The molecular weight excluding hydrogens is 358 g/mol. The van der Waals surface area contributed by atoms with Gasteiger partial charge in [0.1, 0.15) is 15.8 Å². The molecule has 7 heteroatoms. The highest BCUT2D eigenvalue weighted by Crippen LogP contribution is 2.26. The summed E-state index contributed by atoms with van der Waals surface area (Å²) >= 11 is 6.16. The summed E-state index contributed by atoms with van der Waals surface area (Å²) in [5.41, 5.74) is 1.24. The molecule has 0 bridgehead atoms. The van der Waals surface area contributed by atoms with Crippen LogP contribution in [0.25, 0.3) is 6.08 Å². The maximum Gasteiger partial charge on any atom is 0.343 e. The standard InChI is InChI=1S/C18H13NO4S2/c1-22-13-8-4-12(5-9-13)17(21)23-14-6-2-11(3-7-14)10-15-16(20)19-18(24)25-15/h2-10H,1H3,(H,19,20,24)/b15-10-. The van der Waals surface area contributed by atoms with Gasteiger partial charge in [0, 0.05) is 0 Å². The van der Waals surface area contributed by atoms with Gasteiger partial charge in [-0.3, -0.25) is 4.79 Å². The third kappa shape index (κ3) is 4.26. The number of thioether (sulfide) groups is 1. The van der Waals surface area contributed by atoms with Crippen LogP contribution in [0.3, 0.4) is 0 Å². The zero-order chi connectivity index (χ0) is 17.8. The summed E-state index contributed by atoms with van der Waals surface area (Å²) in [7, 11) is 1.56. The molecule has 0 aromatic heterocycles. The molecule has 0 radical (unpaired) electrons. The molecule has 5 nitrogen and oxygen atoms in total. The van der Waals surface area contributed by atoms with Gasteiger partial charge >= 0.3 is 5.97 Å². The van der Waals surface area contributed by atoms with E-state index in [4.69, 9.17) is 21.7 Å². The number of hydrogen-bond donors (Lipinski definition) is 1. The maximum atomic E-state index is 12.1. The van der Waals surface area contributed by atoms with Crippen LogP contribution in [-0.2, 0) is 4.79 Å². The third-order valence-corrected chi connectivity index (χ3v) is 4.52. The van der Waals surface area contributed by atoms with Crippen LogP contribution in [-0.4, -0.2) is 23.3 Å². The molecule has 0 spiro atoms. The molecule has 25 heavy (non-hydrogen) atoms. The van der Waals surface area contributed by atoms with Crippen molar-refractivity contribution in [1.82, 2.24) is 5.32 Å². The number of carbonyl (C=O) groups is 2. The molecule has 1 saturated heterocycles. The van der Waals surface area contributed by atoms with Crippen molar-refractivity contribution < 1.29 is 19.1 Å². The minimum Gasteiger partial charge on any atom is -0.497 e. The fourth-order valence-corrected chi connectivity index (χ4v) is 3.14. The van der Waals surface area contributed by atoms with Crippen molar-refractivity contribution in [3.05, 3.63) is 64.6 Å². The predicted molar refractivity (Wildman–Crippen MR) is 101 cm³/mol. The topological polar surface area (TPSA) is 64.6 Å². The van der Waals surface area contributed by atoms with Crippen molar-refractivity contribution in [1.29, 1.82) is 0 Å². The molecule has 0 aliphatic carbocycles. The van der Waals surface area contributed by atoms with Crippen LogP contribution in [0.1, 0.15) is 15.9 Å². The monoisotopic (exact) mass is 371 g/mol. The summed E-state index contributed by atoms with van der Waals surface area (Å²) in [6.45, 7) is 0. The smallest absolute Gasteiger partial charge is 0.343 e. The van der Waals surface area contributed by atoms with E-state index >= 15 is 0 Å². The Morgan fingerprint density at radius 2 is 1.72 bits per heavy atom. The number of amides is 1. The van der Waals surface area contributed by atoms with Crippen LogP contribution in [0.15, 0.2) is 53.4 Å². The van der Waals surface area contributed by atoms with E-state index in [9.17, 15) is 9.59 Å². The van der Waals surface area contributed by atoms with E-state index in [1.54, 1.807) is 61.7 Å². The summed E-state index contributed by atoms with van der Waals surface area (Å²) in [4.78, 5) is 24.3. The zero-order valence-corrected chi connectivity index (χ0v) is 14.8. The number of esters is 1. The summed E-state index contributed by atoms with van der Waals surface area (Å²) in [5.74, 6) is 0.430. The summed E-state index contributed by atoms with van der Waals surface area (Å²) in [6, 6.07) is 13.5. The van der Waals surface area contributed by atoms with Gasteiger partial charge in [0.05, 0.1) is 17.6 Å². The number of carbonyl (C=O) groups excluding carboxylic acids is 2. The van der Waals surface area contributed by atoms with E-state index in [2.05, 4.69) is 5.32 Å². The van der Waals surface area contributed by atoms with Crippen molar-refractivity contribution in [2.24, 2.45) is 0 Å². The number of nitrogens with one attached hydrogen (secondary N) is 1. The lowest BCUT2D eigenvalue weighted by molar-refractivity contribution is -0.115. The number of methoxy groups -OCH3 is 1. The fourth-order valence-electron chi connectivity index (χ4n) is 2.10. The molecule has 3 rings (SSSR count). The molecule has 2 aromatic rings. The molecule has 0 saturated carbocycles. The van der Waals surface area contributed by atoms with Crippen LogP contribution in [0.2, 0.25) is 0 Å². The quantitative estimate of drug-likeness (QED) is 0.385. The van der Waals surface area contributed by atoms with Crippen LogP contribution < -0.4 is 14.8 Å². The van der Waals surface area contributed by atoms with Crippen LogP contribution in [0, 0.1) is 0 Å². The Morgan fingerprint density at radius 1 is 1.08 bits per heavy atom. The van der Waals surface area contributed by atoms with Gasteiger partial charge in [0.2, 0.25) is 0 Å². The number of hydrogen-bond acceptors (Lipinski definition) is 6. The molecule has 0 atom stereocenters. The second kappa shape index (κ2) is 7.50. The lowest BCUT2D eigenvalue weighted by Crippen LogP contribution is -2.17. The predicted octanol–water partition coefficient (Wildman–Crippen LogP) is 3.40. The first kappa shape index (κ1) is 17.2. The Bertz CT molecular complexity index is 858. The van der Waals surface area contributed by atoms with Gasteiger partial charge in [-0.2, -0.15) is 0 Å². The third-order valence-electron chi connectivity index (χ3n) is 3.36. The Kier molecular flexibility index (Phi) is 5.16. The van der Waals surface area contributed by atoms with Crippen molar-refractivity contribution in [3.63, 3.8) is 0 Å². The maximum absolute atomic E-state index is 12.1. The Balaban J connectivity index is 1.68. The number of benzene rings is 2. The molecule has 1 heterocycles. The molecule has 1 fully saturated rings. The zero-order valence-electron chi connectivity index (χ0n) is 13.1. The van der Waals surface area contributed by atoms with E-state index < -0.39 is 5.97 Å². The molecule has 1 amide bonds. The minimum atomic E-state index is -0.454. The number of ether oxygens (including phenoxy) is 2. The highest BCUT2D eigenvalue weighted by atomic mass is 32.2. The molecule has 1 N–H and O–H groups in total. The largest absolute Gasteiger partial charge is 0.497 e. The lowest BCUT2D eigenvalue weighted by Gasteiger charge is -2.05. The molecule has 1 aliphatic rings. The average Bonchev–Trinajstić information content (AvgIpc) is 2.94. The number of thiocarbonyl (C=S) groups is 1. The van der Waals surface area contributed by atoms with E-state index in [1.165, 1.54) is 11.8 Å². The highest BCUT2D eigenvalue weighted by Gasteiger charge is 2.21. The average molecular weight is 371 g/mol. The summed E-state index contributed by atoms with van der Waals surface area (Å²) in [6.07, 6.45) is 1.73.